The van der Waals surface area contributed by atoms with Crippen LogP contribution >= 0.6 is 0 Å². The second-order valence-corrected chi connectivity index (χ2v) is 5.58. The van der Waals surface area contributed by atoms with E-state index in [1.165, 1.54) is 5.56 Å². The first kappa shape index (κ1) is 14.9. The molecule has 3 heterocycles. The van der Waals surface area contributed by atoms with Gasteiger partial charge in [-0.2, -0.15) is 0 Å². The zero-order valence-corrected chi connectivity index (χ0v) is 13.0. The normalized spacial score (nSPS) is 16.6. The number of hydrogen-bond acceptors (Lipinski definition) is 5. The van der Waals surface area contributed by atoms with Crippen molar-refractivity contribution in [3.8, 4) is 5.88 Å². The molecule has 2 aromatic rings. The van der Waals surface area contributed by atoms with E-state index in [1.54, 1.807) is 7.11 Å². The Bertz CT molecular complexity index is 565. The Hall–Kier alpha value is -1.98. The molecule has 1 fully saturated rings. The molecule has 0 spiro atoms. The van der Waals surface area contributed by atoms with Crippen molar-refractivity contribution in [2.45, 2.75) is 13.1 Å². The molecule has 0 N–H and O–H groups in total. The van der Waals surface area contributed by atoms with Crippen molar-refractivity contribution in [2.75, 3.05) is 33.3 Å². The molecule has 0 atom stereocenters. The largest absolute Gasteiger partial charge is 0.481 e. The maximum absolute atomic E-state index is 5.09. The number of piperazine rings is 1. The fourth-order valence-corrected chi connectivity index (χ4v) is 2.71. The lowest BCUT2D eigenvalue weighted by atomic mass is 10.2. The van der Waals surface area contributed by atoms with Crippen LogP contribution in [0, 0.1) is 0 Å². The first-order valence-electron chi connectivity index (χ1n) is 7.67. The van der Waals surface area contributed by atoms with Gasteiger partial charge in [0.2, 0.25) is 5.88 Å². The van der Waals surface area contributed by atoms with Crippen LogP contribution in [0.2, 0.25) is 0 Å². The van der Waals surface area contributed by atoms with Gasteiger partial charge in [0, 0.05) is 57.7 Å². The molecule has 2 aromatic heterocycles. The summed E-state index contributed by atoms with van der Waals surface area (Å²) >= 11 is 0. The third-order valence-electron chi connectivity index (χ3n) is 3.99. The minimum absolute atomic E-state index is 0.670. The van der Waals surface area contributed by atoms with Crippen molar-refractivity contribution in [1.82, 2.24) is 19.8 Å². The Balaban J connectivity index is 1.47. The minimum atomic E-state index is 0.670. The van der Waals surface area contributed by atoms with Gasteiger partial charge in [0.05, 0.1) is 12.8 Å². The van der Waals surface area contributed by atoms with Gasteiger partial charge in [0.15, 0.2) is 0 Å². The van der Waals surface area contributed by atoms with Crippen molar-refractivity contribution < 1.29 is 4.74 Å². The summed E-state index contributed by atoms with van der Waals surface area (Å²) in [4.78, 5) is 13.6. The number of rotatable bonds is 5. The molecule has 22 heavy (non-hydrogen) atoms. The lowest BCUT2D eigenvalue weighted by Gasteiger charge is -2.34. The standard InChI is InChI=1S/C17H22N4O/c1-22-17-6-5-15(12-19-17)13-20-8-10-21(11-9-20)14-16-4-2-3-7-18-16/h2-7,12H,8-11,13-14H2,1H3. The average molecular weight is 298 g/mol. The predicted molar refractivity (Wildman–Crippen MR) is 85.6 cm³/mol. The van der Waals surface area contributed by atoms with Crippen molar-refractivity contribution in [1.29, 1.82) is 0 Å². The number of ether oxygens (including phenoxy) is 1. The Labute approximate surface area is 131 Å². The highest BCUT2D eigenvalue weighted by atomic mass is 16.5. The number of aromatic nitrogens is 2. The lowest BCUT2D eigenvalue weighted by molar-refractivity contribution is 0.121. The topological polar surface area (TPSA) is 41.5 Å². The van der Waals surface area contributed by atoms with Crippen LogP contribution in [0.15, 0.2) is 42.7 Å². The van der Waals surface area contributed by atoms with Crippen LogP contribution < -0.4 is 4.74 Å². The fraction of sp³-hybridized carbons (Fsp3) is 0.412. The summed E-state index contributed by atoms with van der Waals surface area (Å²) < 4.78 is 5.09. The van der Waals surface area contributed by atoms with Crippen molar-refractivity contribution in [3.05, 3.63) is 54.0 Å². The number of hydrogen-bond donors (Lipinski definition) is 0. The summed E-state index contributed by atoms with van der Waals surface area (Å²) in [6, 6.07) is 10.1. The molecular weight excluding hydrogens is 276 g/mol. The van der Waals surface area contributed by atoms with E-state index in [0.29, 0.717) is 5.88 Å². The van der Waals surface area contributed by atoms with E-state index < -0.39 is 0 Å². The molecule has 3 rings (SSSR count). The summed E-state index contributed by atoms with van der Waals surface area (Å²) in [6.45, 7) is 6.23. The van der Waals surface area contributed by atoms with E-state index in [4.69, 9.17) is 4.74 Å². The van der Waals surface area contributed by atoms with E-state index in [1.807, 2.05) is 24.5 Å². The molecule has 0 aromatic carbocycles. The summed E-state index contributed by atoms with van der Waals surface area (Å²) in [5.41, 5.74) is 2.38. The molecule has 0 unspecified atom stereocenters. The first-order valence-corrected chi connectivity index (χ1v) is 7.67. The van der Waals surface area contributed by atoms with Gasteiger partial charge in [-0.1, -0.05) is 12.1 Å². The van der Waals surface area contributed by atoms with Gasteiger partial charge < -0.3 is 4.74 Å². The van der Waals surface area contributed by atoms with Crippen LogP contribution in [0.4, 0.5) is 0 Å². The Morgan fingerprint density at radius 1 is 0.955 bits per heavy atom. The predicted octanol–water partition coefficient (Wildman–Crippen LogP) is 1.80. The lowest BCUT2D eigenvalue weighted by Crippen LogP contribution is -2.45. The molecule has 0 amide bonds. The molecule has 0 saturated carbocycles. The Morgan fingerprint density at radius 2 is 1.73 bits per heavy atom. The number of nitrogens with zero attached hydrogens (tertiary/aromatic N) is 4. The molecular formula is C17H22N4O. The Kier molecular flexibility index (Phi) is 4.98. The maximum atomic E-state index is 5.09. The molecule has 1 aliphatic heterocycles. The van der Waals surface area contributed by atoms with E-state index in [9.17, 15) is 0 Å². The van der Waals surface area contributed by atoms with Gasteiger partial charge in [0.25, 0.3) is 0 Å². The van der Waals surface area contributed by atoms with E-state index in [-0.39, 0.29) is 0 Å². The molecule has 1 saturated heterocycles. The van der Waals surface area contributed by atoms with Crippen molar-refractivity contribution >= 4 is 0 Å². The van der Waals surface area contributed by atoms with E-state index in [0.717, 1.165) is 45.0 Å². The highest BCUT2D eigenvalue weighted by Gasteiger charge is 2.17. The van der Waals surface area contributed by atoms with Gasteiger partial charge >= 0.3 is 0 Å². The second kappa shape index (κ2) is 7.33. The molecule has 5 nitrogen and oxygen atoms in total. The number of pyridine rings is 2. The molecule has 116 valence electrons. The van der Waals surface area contributed by atoms with Gasteiger partial charge in [-0.05, 0) is 17.7 Å². The molecule has 5 heteroatoms. The monoisotopic (exact) mass is 298 g/mol. The third-order valence-corrected chi connectivity index (χ3v) is 3.99. The Morgan fingerprint density at radius 3 is 2.32 bits per heavy atom. The summed E-state index contributed by atoms with van der Waals surface area (Å²) in [6.07, 6.45) is 3.77. The first-order chi connectivity index (χ1) is 10.8. The summed E-state index contributed by atoms with van der Waals surface area (Å²) in [5, 5.41) is 0. The molecule has 0 radical (unpaired) electrons. The van der Waals surface area contributed by atoms with Crippen LogP contribution in [0.25, 0.3) is 0 Å². The van der Waals surface area contributed by atoms with Crippen LogP contribution in [-0.2, 0) is 13.1 Å². The zero-order chi connectivity index (χ0) is 15.2. The van der Waals surface area contributed by atoms with Crippen molar-refractivity contribution in [2.24, 2.45) is 0 Å². The van der Waals surface area contributed by atoms with Crippen LogP contribution in [0.5, 0.6) is 5.88 Å². The summed E-state index contributed by atoms with van der Waals surface area (Å²) in [5.74, 6) is 0.670. The molecule has 0 bridgehead atoms. The second-order valence-electron chi connectivity index (χ2n) is 5.58. The van der Waals surface area contributed by atoms with Crippen molar-refractivity contribution in [3.63, 3.8) is 0 Å². The quantitative estimate of drug-likeness (QED) is 0.842. The third kappa shape index (κ3) is 4.02. The average Bonchev–Trinajstić information content (AvgIpc) is 2.58. The van der Waals surface area contributed by atoms with Gasteiger partial charge in [-0.25, -0.2) is 4.98 Å². The van der Waals surface area contributed by atoms with Gasteiger partial charge in [-0.15, -0.1) is 0 Å². The smallest absolute Gasteiger partial charge is 0.212 e. The van der Waals surface area contributed by atoms with Gasteiger partial charge in [0.1, 0.15) is 0 Å². The number of methoxy groups -OCH3 is 1. The van der Waals surface area contributed by atoms with E-state index >= 15 is 0 Å². The summed E-state index contributed by atoms with van der Waals surface area (Å²) in [7, 11) is 1.64. The highest BCUT2D eigenvalue weighted by molar-refractivity contribution is 5.17. The van der Waals surface area contributed by atoms with Crippen LogP contribution in [0.3, 0.4) is 0 Å². The van der Waals surface area contributed by atoms with Crippen LogP contribution in [0.1, 0.15) is 11.3 Å². The highest BCUT2D eigenvalue weighted by Crippen LogP contribution is 2.12. The molecule has 1 aliphatic rings. The SMILES string of the molecule is COc1ccc(CN2CCN(Cc3ccccn3)CC2)cn1. The zero-order valence-electron chi connectivity index (χ0n) is 13.0. The van der Waals surface area contributed by atoms with E-state index in [2.05, 4.69) is 38.0 Å². The van der Waals surface area contributed by atoms with Crippen LogP contribution in [-0.4, -0.2) is 53.1 Å². The molecule has 0 aliphatic carbocycles. The van der Waals surface area contributed by atoms with Gasteiger partial charge in [-0.3, -0.25) is 14.8 Å². The maximum Gasteiger partial charge on any atom is 0.212 e. The fourth-order valence-electron chi connectivity index (χ4n) is 2.71. The minimum Gasteiger partial charge on any atom is -0.481 e.